The van der Waals surface area contributed by atoms with E-state index in [1.165, 1.54) is 0 Å². The fourth-order valence-corrected chi connectivity index (χ4v) is 2.45. The van der Waals surface area contributed by atoms with Crippen LogP contribution in [0.4, 0.5) is 0 Å². The van der Waals surface area contributed by atoms with Crippen molar-refractivity contribution in [1.82, 2.24) is 10.2 Å². The van der Waals surface area contributed by atoms with Crippen molar-refractivity contribution in [3.63, 3.8) is 0 Å². The lowest BCUT2D eigenvalue weighted by atomic mass is 9.77. The fourth-order valence-electron chi connectivity index (χ4n) is 2.45. The van der Waals surface area contributed by atoms with Crippen molar-refractivity contribution in [3.05, 3.63) is 0 Å². The zero-order chi connectivity index (χ0) is 12.2. The van der Waals surface area contributed by atoms with E-state index in [0.717, 1.165) is 38.8 Å². The monoisotopic (exact) mass is 226 g/mol. The summed E-state index contributed by atoms with van der Waals surface area (Å²) in [5.74, 6) is 0.330. The van der Waals surface area contributed by atoms with Crippen LogP contribution < -0.4 is 5.32 Å². The summed E-state index contributed by atoms with van der Waals surface area (Å²) in [5.41, 5.74) is -0.142. The van der Waals surface area contributed by atoms with Crippen LogP contribution in [0.5, 0.6) is 0 Å². The summed E-state index contributed by atoms with van der Waals surface area (Å²) >= 11 is 0. The number of amides is 1. The second kappa shape index (κ2) is 5.67. The molecule has 2 atom stereocenters. The highest BCUT2D eigenvalue weighted by Gasteiger charge is 2.40. The minimum atomic E-state index is -0.142. The van der Waals surface area contributed by atoms with Gasteiger partial charge in [0.2, 0.25) is 5.91 Å². The molecular formula is C13H26N2O. The highest BCUT2D eigenvalue weighted by atomic mass is 16.2. The number of carbonyl (C=O) groups excluding carboxylic acids is 1. The van der Waals surface area contributed by atoms with Crippen LogP contribution in [-0.2, 0) is 4.79 Å². The predicted octanol–water partition coefficient (Wildman–Crippen LogP) is 2.02. The molecule has 1 rings (SSSR count). The van der Waals surface area contributed by atoms with Crippen molar-refractivity contribution < 1.29 is 4.79 Å². The molecule has 0 aromatic rings. The Morgan fingerprint density at radius 2 is 2.19 bits per heavy atom. The normalized spacial score (nSPS) is 27.5. The minimum absolute atomic E-state index is 0.142. The zero-order valence-electron chi connectivity index (χ0n) is 11.2. The van der Waals surface area contributed by atoms with Gasteiger partial charge in [0, 0.05) is 19.6 Å². The number of nitrogens with one attached hydrogen (secondary N) is 1. The molecule has 1 amide bonds. The first-order valence-corrected chi connectivity index (χ1v) is 6.55. The van der Waals surface area contributed by atoms with Crippen molar-refractivity contribution >= 4 is 5.91 Å². The maximum Gasteiger partial charge on any atom is 0.230 e. The quantitative estimate of drug-likeness (QED) is 0.795. The number of hydrogen-bond acceptors (Lipinski definition) is 2. The van der Waals surface area contributed by atoms with Crippen LogP contribution in [-0.4, -0.2) is 37.0 Å². The van der Waals surface area contributed by atoms with E-state index < -0.39 is 0 Å². The summed E-state index contributed by atoms with van der Waals surface area (Å²) in [6.45, 7) is 8.30. The molecule has 0 spiro atoms. The smallest absolute Gasteiger partial charge is 0.230 e. The molecular weight excluding hydrogens is 200 g/mol. The third-order valence-corrected chi connectivity index (χ3v) is 4.18. The highest BCUT2D eigenvalue weighted by molar-refractivity contribution is 5.83. The third kappa shape index (κ3) is 2.57. The Balaban J connectivity index is 2.75. The van der Waals surface area contributed by atoms with Gasteiger partial charge in [0.15, 0.2) is 0 Å². The summed E-state index contributed by atoms with van der Waals surface area (Å²) in [7, 11) is 1.95. The van der Waals surface area contributed by atoms with E-state index in [1.807, 2.05) is 11.9 Å². The van der Waals surface area contributed by atoms with Gasteiger partial charge in [0.05, 0.1) is 5.41 Å². The molecule has 1 aliphatic rings. The first-order valence-electron chi connectivity index (χ1n) is 6.55. The first-order chi connectivity index (χ1) is 7.57. The van der Waals surface area contributed by atoms with E-state index in [9.17, 15) is 4.79 Å². The summed E-state index contributed by atoms with van der Waals surface area (Å²) in [6, 6.07) is 0.345. The van der Waals surface area contributed by atoms with Crippen molar-refractivity contribution in [2.24, 2.45) is 5.41 Å². The van der Waals surface area contributed by atoms with Gasteiger partial charge in [0.1, 0.15) is 0 Å². The van der Waals surface area contributed by atoms with Gasteiger partial charge in [-0.2, -0.15) is 0 Å². The maximum absolute atomic E-state index is 12.5. The molecule has 0 bridgehead atoms. The molecule has 0 aliphatic carbocycles. The van der Waals surface area contributed by atoms with Gasteiger partial charge in [-0.25, -0.2) is 0 Å². The van der Waals surface area contributed by atoms with Crippen molar-refractivity contribution in [1.29, 1.82) is 0 Å². The van der Waals surface area contributed by atoms with Gasteiger partial charge in [0.25, 0.3) is 0 Å². The maximum atomic E-state index is 12.5. The number of piperidine rings is 1. The van der Waals surface area contributed by atoms with Crippen LogP contribution in [0.15, 0.2) is 0 Å². The molecule has 1 heterocycles. The van der Waals surface area contributed by atoms with Gasteiger partial charge in [-0.1, -0.05) is 13.8 Å². The largest absolute Gasteiger partial charge is 0.343 e. The number of hydrogen-bond donors (Lipinski definition) is 1. The van der Waals surface area contributed by atoms with Gasteiger partial charge in [-0.15, -0.1) is 0 Å². The highest BCUT2D eigenvalue weighted by Crippen LogP contribution is 2.32. The molecule has 0 radical (unpaired) electrons. The molecule has 16 heavy (non-hydrogen) atoms. The van der Waals surface area contributed by atoms with E-state index in [1.54, 1.807) is 0 Å². The average molecular weight is 226 g/mol. The Bertz CT molecular complexity index is 234. The summed E-state index contributed by atoms with van der Waals surface area (Å²) in [5, 5.41) is 3.37. The molecule has 3 nitrogen and oxygen atoms in total. The third-order valence-electron chi connectivity index (χ3n) is 4.18. The Morgan fingerprint density at radius 1 is 1.50 bits per heavy atom. The van der Waals surface area contributed by atoms with Crippen LogP contribution in [0.3, 0.4) is 0 Å². The molecule has 0 aromatic carbocycles. The van der Waals surface area contributed by atoms with Gasteiger partial charge in [-0.05, 0) is 39.2 Å². The summed E-state index contributed by atoms with van der Waals surface area (Å²) in [4.78, 5) is 14.5. The summed E-state index contributed by atoms with van der Waals surface area (Å²) < 4.78 is 0. The van der Waals surface area contributed by atoms with Crippen LogP contribution in [0.2, 0.25) is 0 Å². The SMILES string of the molecule is CCC(C)N(C)C(=O)C1(CC)CCCNC1. The molecule has 3 heteroatoms. The van der Waals surface area contributed by atoms with Crippen molar-refractivity contribution in [2.45, 2.75) is 52.5 Å². The van der Waals surface area contributed by atoms with Crippen molar-refractivity contribution in [3.8, 4) is 0 Å². The number of nitrogens with zero attached hydrogens (tertiary/aromatic N) is 1. The van der Waals surface area contributed by atoms with Crippen LogP contribution in [0.25, 0.3) is 0 Å². The van der Waals surface area contributed by atoms with Crippen LogP contribution in [0, 0.1) is 5.41 Å². The lowest BCUT2D eigenvalue weighted by Crippen LogP contribution is -2.52. The molecule has 0 saturated carbocycles. The predicted molar refractivity (Wildman–Crippen MR) is 67.4 cm³/mol. The fraction of sp³-hybridized carbons (Fsp3) is 0.923. The topological polar surface area (TPSA) is 32.3 Å². The zero-order valence-corrected chi connectivity index (χ0v) is 11.2. The number of rotatable bonds is 4. The molecule has 1 N–H and O–H groups in total. The van der Waals surface area contributed by atoms with E-state index in [-0.39, 0.29) is 5.41 Å². The minimum Gasteiger partial charge on any atom is -0.343 e. The molecule has 1 saturated heterocycles. The average Bonchev–Trinajstić information content (AvgIpc) is 2.36. The van der Waals surface area contributed by atoms with Gasteiger partial charge in [-0.3, -0.25) is 4.79 Å². The second-order valence-electron chi connectivity index (χ2n) is 5.09. The van der Waals surface area contributed by atoms with Gasteiger partial charge < -0.3 is 10.2 Å². The molecule has 1 fully saturated rings. The Labute approximate surface area is 99.6 Å². The first kappa shape index (κ1) is 13.5. The van der Waals surface area contributed by atoms with E-state index in [0.29, 0.717) is 11.9 Å². The number of carbonyl (C=O) groups is 1. The lowest BCUT2D eigenvalue weighted by molar-refractivity contribution is -0.144. The second-order valence-corrected chi connectivity index (χ2v) is 5.09. The molecule has 0 aromatic heterocycles. The molecule has 1 aliphatic heterocycles. The Morgan fingerprint density at radius 3 is 2.62 bits per heavy atom. The van der Waals surface area contributed by atoms with Crippen molar-refractivity contribution in [2.75, 3.05) is 20.1 Å². The van der Waals surface area contributed by atoms with E-state index in [4.69, 9.17) is 0 Å². The van der Waals surface area contributed by atoms with E-state index in [2.05, 4.69) is 26.1 Å². The Hall–Kier alpha value is -0.570. The van der Waals surface area contributed by atoms with Gasteiger partial charge >= 0.3 is 0 Å². The molecule has 2 unspecified atom stereocenters. The standard InChI is InChI=1S/C13H26N2O/c1-5-11(3)15(4)12(16)13(6-2)8-7-9-14-10-13/h11,14H,5-10H2,1-4H3. The Kier molecular flexibility index (Phi) is 4.78. The molecule has 94 valence electrons. The van der Waals surface area contributed by atoms with Crippen LogP contribution >= 0.6 is 0 Å². The summed E-state index contributed by atoms with van der Waals surface area (Å²) in [6.07, 6.45) is 4.12. The van der Waals surface area contributed by atoms with E-state index >= 15 is 0 Å². The van der Waals surface area contributed by atoms with Crippen LogP contribution in [0.1, 0.15) is 46.5 Å². The lowest BCUT2D eigenvalue weighted by Gasteiger charge is -2.40.